The minimum atomic E-state index is -1.30. The second-order valence-corrected chi connectivity index (χ2v) is 21.1. The van der Waals surface area contributed by atoms with E-state index in [4.69, 9.17) is 0 Å². The number of rotatable bonds is 3. The van der Waals surface area contributed by atoms with Crippen LogP contribution in [0.1, 0.15) is 6.92 Å². The van der Waals surface area contributed by atoms with E-state index in [-0.39, 0.29) is 0 Å². The summed E-state index contributed by atoms with van der Waals surface area (Å²) in [5.74, 6) is 1.27. The fourth-order valence-electron chi connectivity index (χ4n) is 0.916. The van der Waals surface area contributed by atoms with Crippen molar-refractivity contribution >= 4 is 27.5 Å². The molecule has 0 aliphatic rings. The lowest BCUT2D eigenvalue weighted by atomic mass is 10.7. The largest absolute Gasteiger partial charge is 0.300 e. The molecular weight excluding hydrogens is 257 g/mol. The summed E-state index contributed by atoms with van der Waals surface area (Å²) in [6.07, 6.45) is 5.91. The lowest BCUT2D eigenvalue weighted by Crippen LogP contribution is -2.26. The fraction of sp³-hybridized carbons (Fsp3) is 1.00. The van der Waals surface area contributed by atoms with Gasteiger partial charge in [0, 0.05) is 5.88 Å². The van der Waals surface area contributed by atoms with Gasteiger partial charge < -0.3 is 0 Å². The first kappa shape index (κ1) is 11.0. The summed E-state index contributed by atoms with van der Waals surface area (Å²) >= 11 is 2.64. The first-order valence-electron chi connectivity index (χ1n) is 3.61. The number of nitrogens with zero attached hydrogens (tertiary/aromatic N) is 1. The highest BCUT2D eigenvalue weighted by atomic mass is 127. The van der Waals surface area contributed by atoms with E-state index in [0.29, 0.717) is 0 Å². The number of halogens is 1. The molecule has 0 fully saturated rings. The molecule has 0 saturated carbocycles. The van der Waals surface area contributed by atoms with Crippen LogP contribution in [0.15, 0.2) is 0 Å². The highest BCUT2D eigenvalue weighted by Gasteiger charge is 2.21. The molecule has 0 aliphatic heterocycles. The van der Waals surface area contributed by atoms with Crippen molar-refractivity contribution in [2.24, 2.45) is 0 Å². The zero-order valence-electron chi connectivity index (χ0n) is 7.69. The maximum Gasteiger partial charge on any atom is 0.0222 e. The molecule has 0 unspecified atom stereocenters. The van der Waals surface area contributed by atoms with Crippen LogP contribution in [-0.2, 0) is 0 Å². The molecule has 0 aromatic rings. The number of hydrogen-bond donors (Lipinski definition) is 1. The van der Waals surface area contributed by atoms with Gasteiger partial charge in [-0.05, 0) is 53.6 Å². The highest BCUT2D eigenvalue weighted by Crippen LogP contribution is 2.67. The van der Waals surface area contributed by atoms with Gasteiger partial charge in [-0.3, -0.25) is 4.90 Å². The average Bonchev–Trinajstić information content (AvgIpc) is 1.59. The van der Waals surface area contributed by atoms with Crippen LogP contribution < -0.4 is 0 Å². The molecule has 0 aromatic carbocycles. The second-order valence-electron chi connectivity index (χ2n) is 4.23. The van der Waals surface area contributed by atoms with E-state index in [0.717, 1.165) is 6.54 Å². The molecular formula is C7H20INS. The van der Waals surface area contributed by atoms with Gasteiger partial charge >= 0.3 is 0 Å². The molecule has 0 atom stereocenters. The third-order valence-corrected chi connectivity index (χ3v) is 3.61. The zero-order chi connectivity index (χ0) is 8.44. The van der Waals surface area contributed by atoms with Gasteiger partial charge in [0.25, 0.3) is 0 Å². The summed E-state index contributed by atoms with van der Waals surface area (Å²) in [4.78, 5) is 2.39. The Bertz CT molecular complexity index is 107. The predicted molar refractivity (Wildman–Crippen MR) is 63.9 cm³/mol. The summed E-state index contributed by atoms with van der Waals surface area (Å²) < 4.78 is 0. The molecule has 0 radical (unpaired) electrons. The monoisotopic (exact) mass is 277 g/mol. The van der Waals surface area contributed by atoms with E-state index in [1.54, 1.807) is 0 Å². The molecule has 0 saturated heterocycles. The molecule has 0 bridgehead atoms. The van der Waals surface area contributed by atoms with Crippen LogP contribution in [0.5, 0.6) is 0 Å². The Kier molecular flexibility index (Phi) is 3.52. The van der Waals surface area contributed by atoms with Crippen molar-refractivity contribution in [3.8, 4) is 0 Å². The highest BCUT2D eigenvalue weighted by molar-refractivity contribution is 14.2. The lowest BCUT2D eigenvalue weighted by molar-refractivity contribution is 0.414. The Morgan fingerprint density at radius 2 is 1.70 bits per heavy atom. The zero-order valence-corrected chi connectivity index (χ0v) is 10.7. The topological polar surface area (TPSA) is 3.24 Å². The van der Waals surface area contributed by atoms with Gasteiger partial charge in [-0.25, -0.2) is 6.33 Å². The van der Waals surface area contributed by atoms with E-state index < -0.39 is 6.33 Å². The van der Waals surface area contributed by atoms with Gasteiger partial charge in [-0.1, -0.05) is 6.92 Å². The Morgan fingerprint density at radius 3 is 1.80 bits per heavy atom. The summed E-state index contributed by atoms with van der Waals surface area (Å²) in [6, 6.07) is 0. The van der Waals surface area contributed by atoms with Crippen LogP contribution in [0, 0.1) is 0 Å². The van der Waals surface area contributed by atoms with Crippen LogP contribution in [0.25, 0.3) is 0 Å². The lowest BCUT2D eigenvalue weighted by Gasteiger charge is -2.47. The molecule has 0 amide bonds. The van der Waals surface area contributed by atoms with Crippen LogP contribution in [0.2, 0.25) is 0 Å². The first-order valence-corrected chi connectivity index (χ1v) is 10.2. The minimum absolute atomic E-state index is 1.16. The standard InChI is InChI=1S/C7H20INS/c1-6-9(2)7-10(3,4,5)8/h10H,6-7H2,1-5H3. The van der Waals surface area contributed by atoms with Crippen molar-refractivity contribution in [2.45, 2.75) is 6.92 Å². The Morgan fingerprint density at radius 1 is 1.30 bits per heavy atom. The third-order valence-electron chi connectivity index (χ3n) is 1.26. The smallest absolute Gasteiger partial charge is 0.0222 e. The summed E-state index contributed by atoms with van der Waals surface area (Å²) in [6.45, 7) is 3.37. The maximum absolute atomic E-state index is 2.64. The predicted octanol–water partition coefficient (Wildman–Crippen LogP) is 2.21. The van der Waals surface area contributed by atoms with Crippen LogP contribution >= 0.6 is 27.5 Å². The van der Waals surface area contributed by atoms with Crippen LogP contribution in [0.4, 0.5) is 0 Å². The van der Waals surface area contributed by atoms with Crippen molar-refractivity contribution in [1.29, 1.82) is 0 Å². The Balaban J connectivity index is 3.90. The molecule has 3 heteroatoms. The molecule has 0 aromatic heterocycles. The van der Waals surface area contributed by atoms with Gasteiger partial charge in [0.05, 0.1) is 0 Å². The van der Waals surface area contributed by atoms with Gasteiger partial charge in [0.15, 0.2) is 0 Å². The summed E-state index contributed by atoms with van der Waals surface area (Å²) in [5, 5.41) is 0. The molecule has 0 rings (SSSR count). The fourth-order valence-corrected chi connectivity index (χ4v) is 4.31. The van der Waals surface area contributed by atoms with Gasteiger partial charge in [0.1, 0.15) is 0 Å². The normalized spacial score (nSPS) is 16.9. The van der Waals surface area contributed by atoms with Crippen molar-refractivity contribution in [3.05, 3.63) is 0 Å². The van der Waals surface area contributed by atoms with Crippen molar-refractivity contribution in [3.63, 3.8) is 0 Å². The maximum atomic E-state index is 2.64. The van der Waals surface area contributed by atoms with Gasteiger partial charge in [0.2, 0.25) is 0 Å². The molecule has 10 heavy (non-hydrogen) atoms. The molecule has 0 spiro atoms. The molecule has 1 nitrogen and oxygen atoms in total. The third kappa shape index (κ3) is 7.15. The number of thiol groups is 1. The average molecular weight is 277 g/mol. The molecule has 66 valence electrons. The van der Waals surface area contributed by atoms with Crippen LogP contribution in [-0.4, -0.2) is 43.1 Å². The Labute approximate surface area is 77.4 Å². The minimum Gasteiger partial charge on any atom is -0.300 e. The number of hydrogen-bond acceptors (Lipinski definition) is 1. The Hall–Kier alpha value is 1.04. The first-order chi connectivity index (χ1) is 4.21. The van der Waals surface area contributed by atoms with E-state index in [1.165, 1.54) is 5.88 Å². The van der Waals surface area contributed by atoms with E-state index in [2.05, 4.69) is 58.8 Å². The van der Waals surface area contributed by atoms with Gasteiger partial charge in [-0.15, -0.1) is 0 Å². The SMILES string of the molecule is CCN(C)C[SH](C)(C)(C)I. The van der Waals surface area contributed by atoms with E-state index in [9.17, 15) is 0 Å². The molecule has 0 N–H and O–H groups in total. The van der Waals surface area contributed by atoms with Crippen molar-refractivity contribution < 1.29 is 0 Å². The van der Waals surface area contributed by atoms with E-state index in [1.807, 2.05) is 0 Å². The second kappa shape index (κ2) is 3.19. The summed E-state index contributed by atoms with van der Waals surface area (Å²) in [7, 11) is 2.19. The van der Waals surface area contributed by atoms with E-state index >= 15 is 0 Å². The molecule has 0 heterocycles. The van der Waals surface area contributed by atoms with Gasteiger partial charge in [-0.2, -0.15) is 0 Å². The molecule has 0 aliphatic carbocycles. The van der Waals surface area contributed by atoms with Crippen molar-refractivity contribution in [1.82, 2.24) is 4.90 Å². The quantitative estimate of drug-likeness (QED) is 0.611. The van der Waals surface area contributed by atoms with Crippen molar-refractivity contribution in [2.75, 3.05) is 38.2 Å². The summed E-state index contributed by atoms with van der Waals surface area (Å²) in [5.41, 5.74) is 0. The van der Waals surface area contributed by atoms with Crippen LogP contribution in [0.3, 0.4) is 0 Å².